The van der Waals surface area contributed by atoms with Crippen LogP contribution >= 0.6 is 11.6 Å². The van der Waals surface area contributed by atoms with Crippen LogP contribution in [0.5, 0.6) is 11.5 Å². The van der Waals surface area contributed by atoms with Gasteiger partial charge in [-0.2, -0.15) is 0 Å². The molecule has 0 spiro atoms. The molecule has 1 amide bonds. The number of H-pyrrole nitrogens is 1. The number of piperazine rings is 1. The zero-order valence-corrected chi connectivity index (χ0v) is 39.4. The van der Waals surface area contributed by atoms with E-state index in [0.29, 0.717) is 37.7 Å². The highest BCUT2D eigenvalue weighted by Gasteiger charge is 2.39. The highest BCUT2D eigenvalue weighted by Crippen LogP contribution is 2.46. The monoisotopic (exact) mass is 915 g/mol. The zero-order valence-electron chi connectivity index (χ0n) is 37.9. The number of carbonyl (C=O) groups excluding carboxylic acids is 1. The number of nitrogens with one attached hydrogen (secondary N) is 3. The molecule has 2 fully saturated rings. The summed E-state index contributed by atoms with van der Waals surface area (Å²) in [6.07, 6.45) is 7.97. The summed E-state index contributed by atoms with van der Waals surface area (Å²) in [5, 5.41) is 16.4. The predicted octanol–water partition coefficient (Wildman–Crippen LogP) is 4.50. The van der Waals surface area contributed by atoms with Gasteiger partial charge in [-0.15, -0.1) is 0 Å². The minimum Gasteiger partial charge on any atom is -0.455 e. The van der Waals surface area contributed by atoms with Crippen LogP contribution < -0.4 is 19.7 Å². The molecule has 20 heteroatoms. The van der Waals surface area contributed by atoms with Crippen molar-refractivity contribution in [2.24, 2.45) is 11.3 Å². The van der Waals surface area contributed by atoms with E-state index in [-0.39, 0.29) is 33.7 Å². The van der Waals surface area contributed by atoms with Crippen molar-refractivity contribution in [3.63, 3.8) is 0 Å². The molecule has 65 heavy (non-hydrogen) atoms. The van der Waals surface area contributed by atoms with Crippen molar-refractivity contribution in [1.82, 2.24) is 19.6 Å². The molecule has 0 bridgehead atoms. The standard InChI is InChI=1S/C45H54B4ClN7O7S/c1-43(2)15-11-37(36(26-43)28-3-5-31(50)6-4-28)45(48,49)56-19-17-55(18-20-56)32-7-9-35(40(24-32)64-33-23-29-12-16-51-41(29)52-27-33)42(58)54-65(61,62)34-8-10-38(39(25-34)57(59)60)53-44(46,47)30-13-21-63-22-14-30/h3-10,12,16,23-25,27,30,53H,11,13-15,17-22,26,46-49H2,1-2H3,(H,51,52)(H,54,58). The second-order valence-electron chi connectivity index (χ2n) is 19.3. The van der Waals surface area contributed by atoms with Crippen molar-refractivity contribution in [3.8, 4) is 11.5 Å². The van der Waals surface area contributed by atoms with Crippen LogP contribution in [0.25, 0.3) is 16.6 Å². The van der Waals surface area contributed by atoms with Gasteiger partial charge in [0.25, 0.3) is 21.6 Å². The molecule has 0 atom stereocenters. The lowest BCUT2D eigenvalue weighted by Gasteiger charge is -2.49. The number of sulfonamides is 1. The number of rotatable bonds is 13. The number of anilines is 2. The van der Waals surface area contributed by atoms with Gasteiger partial charge < -0.3 is 29.6 Å². The number of pyridine rings is 1. The van der Waals surface area contributed by atoms with Crippen molar-refractivity contribution in [2.75, 3.05) is 49.6 Å². The Kier molecular flexibility index (Phi) is 13.0. The number of aromatic nitrogens is 2. The number of fused-ring (bicyclic) bond motifs is 1. The highest BCUT2D eigenvalue weighted by molar-refractivity contribution is 7.90. The second-order valence-corrected chi connectivity index (χ2v) is 21.4. The van der Waals surface area contributed by atoms with E-state index < -0.39 is 36.8 Å². The number of nitro groups is 1. The molecule has 3 N–H and O–H groups in total. The fraction of sp³-hybridized carbons (Fsp3) is 0.378. The molecule has 2 aliphatic heterocycles. The van der Waals surface area contributed by atoms with E-state index in [1.165, 1.54) is 35.0 Å². The number of nitro benzene ring substituents is 1. The number of halogens is 1. The summed E-state index contributed by atoms with van der Waals surface area (Å²) in [7, 11) is 3.99. The average Bonchev–Trinajstić information content (AvgIpc) is 3.74. The fourth-order valence-electron chi connectivity index (χ4n) is 9.73. The van der Waals surface area contributed by atoms with Crippen LogP contribution in [0.2, 0.25) is 5.02 Å². The van der Waals surface area contributed by atoms with Crippen LogP contribution in [-0.2, 0) is 14.8 Å². The molecule has 0 saturated carbocycles. The molecule has 3 aromatic carbocycles. The molecule has 2 aromatic heterocycles. The van der Waals surface area contributed by atoms with Crippen molar-refractivity contribution >= 4 is 92.6 Å². The zero-order chi connectivity index (χ0) is 46.3. The third kappa shape index (κ3) is 10.1. The Balaban J connectivity index is 1.04. The number of amides is 1. The first-order valence-corrected chi connectivity index (χ1v) is 24.1. The van der Waals surface area contributed by atoms with Crippen molar-refractivity contribution in [3.05, 3.63) is 117 Å². The maximum Gasteiger partial charge on any atom is 0.293 e. The molecule has 3 aliphatic rings. The van der Waals surface area contributed by atoms with Gasteiger partial charge in [0, 0.05) is 73.8 Å². The Morgan fingerprint density at radius 2 is 1.72 bits per heavy atom. The van der Waals surface area contributed by atoms with E-state index >= 15 is 0 Å². The topological polar surface area (TPSA) is 172 Å². The Hall–Kier alpha value is -5.22. The number of allylic oxidation sites excluding steroid dienone is 1. The van der Waals surface area contributed by atoms with Crippen LogP contribution in [0.1, 0.15) is 61.9 Å². The smallest absolute Gasteiger partial charge is 0.293 e. The van der Waals surface area contributed by atoms with Gasteiger partial charge in [-0.3, -0.25) is 14.9 Å². The number of hydrogen-bond acceptors (Lipinski definition) is 11. The average molecular weight is 916 g/mol. The number of nitrogens with zero attached hydrogens (tertiary/aromatic N) is 4. The van der Waals surface area contributed by atoms with Gasteiger partial charge in [-0.1, -0.05) is 43.2 Å². The van der Waals surface area contributed by atoms with Gasteiger partial charge in [-0.05, 0) is 114 Å². The Morgan fingerprint density at radius 3 is 2.43 bits per heavy atom. The molecule has 8 rings (SSSR count). The van der Waals surface area contributed by atoms with Gasteiger partial charge in [0.1, 0.15) is 54.2 Å². The normalized spacial score (nSPS) is 17.8. The van der Waals surface area contributed by atoms with Crippen molar-refractivity contribution in [2.45, 2.75) is 61.5 Å². The SMILES string of the molecule is BC(B)(Nc1ccc(S(=O)(=O)NC(=O)c2ccc(N3CCN(C(B)(B)C4=C(c5ccc(Cl)cc5)CC(C)(C)CC4)CC3)cc2Oc2cnc3[nH]ccc3c2)cc1[N+](=O)[O-])C1CCOCC1. The lowest BCUT2D eigenvalue weighted by molar-refractivity contribution is -0.384. The van der Waals surface area contributed by atoms with Gasteiger partial charge in [0.15, 0.2) is 0 Å². The molecule has 5 aromatic rings. The minimum atomic E-state index is -4.59. The summed E-state index contributed by atoms with van der Waals surface area (Å²) in [4.78, 5) is 37.6. The first kappa shape index (κ1) is 46.3. The van der Waals surface area contributed by atoms with Gasteiger partial charge in [-0.25, -0.2) is 18.1 Å². The van der Waals surface area contributed by atoms with E-state index in [2.05, 4.69) is 71.5 Å². The summed E-state index contributed by atoms with van der Waals surface area (Å²) < 4.78 is 41.7. The lowest BCUT2D eigenvalue weighted by atomic mass is 9.52. The lowest BCUT2D eigenvalue weighted by Crippen LogP contribution is -2.59. The number of benzene rings is 3. The largest absolute Gasteiger partial charge is 0.455 e. The van der Waals surface area contributed by atoms with Gasteiger partial charge in [0.05, 0.1) is 21.6 Å². The molecular formula is C45H54B4ClN7O7S. The maximum atomic E-state index is 14.1. The summed E-state index contributed by atoms with van der Waals surface area (Å²) in [5.41, 5.74) is 5.43. The van der Waals surface area contributed by atoms with Gasteiger partial charge >= 0.3 is 0 Å². The summed E-state index contributed by atoms with van der Waals surface area (Å²) in [6, 6.07) is 20.5. The molecule has 2 saturated heterocycles. The van der Waals surface area contributed by atoms with Crippen LogP contribution in [0.4, 0.5) is 17.1 Å². The Morgan fingerprint density at radius 1 is 1.00 bits per heavy atom. The van der Waals surface area contributed by atoms with E-state index in [4.69, 9.17) is 21.1 Å². The first-order chi connectivity index (χ1) is 30.8. The highest BCUT2D eigenvalue weighted by atomic mass is 35.5. The Labute approximate surface area is 389 Å². The van der Waals surface area contributed by atoms with E-state index in [0.717, 1.165) is 67.4 Å². The fourth-order valence-corrected chi connectivity index (χ4v) is 10.8. The van der Waals surface area contributed by atoms with E-state index in [9.17, 15) is 23.3 Å². The third-order valence-corrected chi connectivity index (χ3v) is 15.2. The molecule has 4 heterocycles. The third-order valence-electron chi connectivity index (χ3n) is 13.7. The number of hydrogen-bond donors (Lipinski definition) is 3. The van der Waals surface area contributed by atoms with Crippen LogP contribution in [0.15, 0.2) is 95.7 Å². The van der Waals surface area contributed by atoms with Crippen LogP contribution in [0.3, 0.4) is 0 Å². The number of aromatic amines is 1. The van der Waals surface area contributed by atoms with Crippen LogP contribution in [-0.4, -0.2) is 116 Å². The molecule has 0 radical (unpaired) electrons. The molecular weight excluding hydrogens is 861 g/mol. The summed E-state index contributed by atoms with van der Waals surface area (Å²) in [6.45, 7) is 8.85. The van der Waals surface area contributed by atoms with Crippen molar-refractivity contribution in [1.29, 1.82) is 0 Å². The summed E-state index contributed by atoms with van der Waals surface area (Å²) in [5.74, 6) is -0.302. The quantitative estimate of drug-likeness (QED) is 0.0864. The van der Waals surface area contributed by atoms with Crippen LogP contribution in [0, 0.1) is 21.4 Å². The van der Waals surface area contributed by atoms with Gasteiger partial charge in [0.2, 0.25) is 0 Å². The van der Waals surface area contributed by atoms with Crippen molar-refractivity contribution < 1.29 is 27.6 Å². The predicted molar refractivity (Wildman–Crippen MR) is 267 cm³/mol. The molecule has 336 valence electrons. The summed E-state index contributed by atoms with van der Waals surface area (Å²) >= 11 is 6.30. The second kappa shape index (κ2) is 18.2. The number of carbonyl (C=O) groups is 1. The molecule has 1 aliphatic carbocycles. The van der Waals surface area contributed by atoms with E-state index in [1.54, 1.807) is 30.5 Å². The Bertz CT molecular complexity index is 2760. The molecule has 14 nitrogen and oxygen atoms in total. The first-order valence-electron chi connectivity index (χ1n) is 22.2. The molecule has 0 unspecified atom stereocenters. The number of ether oxygens (including phenoxy) is 2. The van der Waals surface area contributed by atoms with E-state index in [1.807, 2.05) is 33.9 Å². The maximum absolute atomic E-state index is 14.1. The minimum absolute atomic E-state index is 0.0425.